The van der Waals surface area contributed by atoms with E-state index in [1.807, 2.05) is 11.1 Å². The van der Waals surface area contributed by atoms with Crippen LogP contribution in [0, 0.1) is 15.0 Å². The van der Waals surface area contributed by atoms with Crippen molar-refractivity contribution in [3.63, 3.8) is 0 Å². The zero-order chi connectivity index (χ0) is 32.0. The van der Waals surface area contributed by atoms with Crippen LogP contribution in [0.2, 0.25) is 0 Å². The SMILES string of the molecule is NN1CCN(Cc2ccccc2)CC1.O=NN1CCN(Cc2ccccc2)CC1.O=N[O-].[Na+].c1ccc(CN2CCNCC2)cc1. The molecular weight excluding hydrogens is 593 g/mol. The second-order valence-electron chi connectivity index (χ2n) is 11.2. The van der Waals surface area contributed by atoms with E-state index in [1.165, 1.54) is 29.8 Å². The van der Waals surface area contributed by atoms with Gasteiger partial charge in [-0.25, -0.2) is 5.01 Å². The molecule has 3 aromatic rings. The van der Waals surface area contributed by atoms with Gasteiger partial charge in [0.2, 0.25) is 0 Å². The van der Waals surface area contributed by atoms with E-state index in [2.05, 4.69) is 110 Å². The third-order valence-electron chi connectivity index (χ3n) is 7.83. The number of hydrazine groups is 1. The second kappa shape index (κ2) is 24.4. The number of hydrogen-bond donors (Lipinski definition) is 2. The average Bonchev–Trinajstić information content (AvgIpc) is 3.09. The van der Waals surface area contributed by atoms with Gasteiger partial charge in [-0.3, -0.25) is 25.6 Å². The van der Waals surface area contributed by atoms with Gasteiger partial charge in [0.25, 0.3) is 0 Å². The fourth-order valence-electron chi connectivity index (χ4n) is 5.29. The molecule has 0 unspecified atom stereocenters. The number of nitrogens with one attached hydrogen (secondary N) is 1. The molecule has 244 valence electrons. The molecule has 46 heavy (non-hydrogen) atoms. The predicted octanol–water partition coefficient (Wildman–Crippen LogP) is 0.510. The van der Waals surface area contributed by atoms with Crippen molar-refractivity contribution in [3.8, 4) is 0 Å². The van der Waals surface area contributed by atoms with Crippen LogP contribution in [0.25, 0.3) is 0 Å². The Hall–Kier alpha value is -2.78. The maximum Gasteiger partial charge on any atom is 1.00 e. The van der Waals surface area contributed by atoms with Crippen LogP contribution in [0.15, 0.2) is 102 Å². The maximum absolute atomic E-state index is 10.3. The van der Waals surface area contributed by atoms with E-state index in [0.29, 0.717) is 0 Å². The number of nitrogens with zero attached hydrogens (tertiary/aromatic N) is 7. The van der Waals surface area contributed by atoms with Crippen LogP contribution in [0.5, 0.6) is 0 Å². The molecule has 3 N–H and O–H groups in total. The van der Waals surface area contributed by atoms with Crippen molar-refractivity contribution in [2.24, 2.45) is 16.5 Å². The Labute approximate surface area is 295 Å². The van der Waals surface area contributed by atoms with Crippen LogP contribution >= 0.6 is 0 Å². The van der Waals surface area contributed by atoms with Crippen molar-refractivity contribution in [2.75, 3.05) is 78.5 Å². The largest absolute Gasteiger partial charge is 1.00 e. The van der Waals surface area contributed by atoms with Crippen LogP contribution in [-0.2, 0) is 19.6 Å². The van der Waals surface area contributed by atoms with Gasteiger partial charge >= 0.3 is 29.6 Å². The molecule has 3 aliphatic heterocycles. The summed E-state index contributed by atoms with van der Waals surface area (Å²) in [6.07, 6.45) is 0. The normalized spacial score (nSPS) is 17.4. The van der Waals surface area contributed by atoms with E-state index in [4.69, 9.17) is 16.0 Å². The molecular formula is C33H48N9NaO3. The fraction of sp³-hybridized carbons (Fsp3) is 0.455. The van der Waals surface area contributed by atoms with E-state index in [0.717, 1.165) is 90.4 Å². The molecule has 0 atom stereocenters. The van der Waals surface area contributed by atoms with Crippen molar-refractivity contribution in [1.29, 1.82) is 0 Å². The Bertz CT molecular complexity index is 1160. The van der Waals surface area contributed by atoms with Gasteiger partial charge in [0.1, 0.15) is 0 Å². The van der Waals surface area contributed by atoms with E-state index in [-0.39, 0.29) is 29.6 Å². The van der Waals surface area contributed by atoms with Gasteiger partial charge in [-0.2, -0.15) is 0 Å². The van der Waals surface area contributed by atoms with Crippen molar-refractivity contribution in [2.45, 2.75) is 19.6 Å². The summed E-state index contributed by atoms with van der Waals surface area (Å²) < 4.78 is 0. The van der Waals surface area contributed by atoms with Crippen LogP contribution in [0.1, 0.15) is 16.7 Å². The molecule has 0 saturated carbocycles. The first-order valence-electron chi connectivity index (χ1n) is 15.6. The zero-order valence-electron chi connectivity index (χ0n) is 27.2. The molecule has 3 fully saturated rings. The summed E-state index contributed by atoms with van der Waals surface area (Å²) in [5, 5.41) is 18.8. The molecule has 0 spiro atoms. The Morgan fingerprint density at radius 3 is 1.24 bits per heavy atom. The van der Waals surface area contributed by atoms with Gasteiger partial charge in [0, 0.05) is 85.1 Å². The number of nitroso groups, excluding NO2 is 1. The molecule has 12 nitrogen and oxygen atoms in total. The van der Waals surface area contributed by atoms with Crippen LogP contribution < -0.4 is 40.7 Å². The van der Waals surface area contributed by atoms with Gasteiger partial charge in [0.05, 0.1) is 18.4 Å². The minimum absolute atomic E-state index is 0. The summed E-state index contributed by atoms with van der Waals surface area (Å²) in [7, 11) is 0. The third kappa shape index (κ3) is 16.7. The molecule has 3 aliphatic rings. The second-order valence-corrected chi connectivity index (χ2v) is 11.2. The number of rotatable bonds is 7. The van der Waals surface area contributed by atoms with Crippen molar-refractivity contribution < 1.29 is 29.6 Å². The summed E-state index contributed by atoms with van der Waals surface area (Å²) in [6.45, 7) is 15.2. The smallest absolute Gasteiger partial charge is 0.444 e. The number of hydrogen-bond acceptors (Lipinski definition) is 11. The first kappa shape index (κ1) is 39.4. The monoisotopic (exact) mass is 641 g/mol. The minimum atomic E-state index is 0. The van der Waals surface area contributed by atoms with Gasteiger partial charge < -0.3 is 15.4 Å². The summed E-state index contributed by atoms with van der Waals surface area (Å²) in [5.74, 6) is 5.70. The first-order valence-corrected chi connectivity index (χ1v) is 15.6. The molecule has 0 bridgehead atoms. The molecule has 3 heterocycles. The van der Waals surface area contributed by atoms with Crippen LogP contribution in [-0.4, -0.2) is 103 Å². The molecule has 6 rings (SSSR count). The summed E-state index contributed by atoms with van der Waals surface area (Å²) in [6, 6.07) is 31.7. The Morgan fingerprint density at radius 1 is 0.565 bits per heavy atom. The standard InChI is InChI=1S/C11H15N3O.C11H17N3.C11H16N2.HNO2.Na/c15-12-14-8-6-13(7-9-14)10-11-4-2-1-3-5-11;12-14-8-6-13(7-9-14)10-11-4-2-1-3-5-11;1-2-4-11(5-3-1)10-13-8-6-12-7-9-13;2-1-3;/h1-5H,6-10H2;1-5H,6-10,12H2;1-5,12H,6-10H2;(H,2,3);/q;;;;+1/p-1. The van der Waals surface area contributed by atoms with Crippen molar-refractivity contribution in [3.05, 3.63) is 123 Å². The summed E-state index contributed by atoms with van der Waals surface area (Å²) in [4.78, 5) is 25.6. The quantitative estimate of drug-likeness (QED) is 0.163. The van der Waals surface area contributed by atoms with Crippen LogP contribution in [0.3, 0.4) is 0 Å². The number of piperazine rings is 3. The van der Waals surface area contributed by atoms with E-state index < -0.39 is 0 Å². The number of nitrogens with two attached hydrogens (primary N) is 1. The molecule has 0 aromatic heterocycles. The number of benzene rings is 3. The average molecular weight is 642 g/mol. The molecule has 0 radical (unpaired) electrons. The third-order valence-corrected chi connectivity index (χ3v) is 7.83. The molecule has 3 aromatic carbocycles. The van der Waals surface area contributed by atoms with E-state index in [9.17, 15) is 4.91 Å². The van der Waals surface area contributed by atoms with Gasteiger partial charge in [-0.1, -0.05) is 91.0 Å². The van der Waals surface area contributed by atoms with Crippen molar-refractivity contribution in [1.82, 2.24) is 30.0 Å². The Kier molecular flexibility index (Phi) is 20.9. The van der Waals surface area contributed by atoms with Crippen LogP contribution in [0.4, 0.5) is 0 Å². The van der Waals surface area contributed by atoms with Gasteiger partial charge in [-0.15, -0.1) is 10.2 Å². The molecule has 0 amide bonds. The van der Waals surface area contributed by atoms with Gasteiger partial charge in [-0.05, 0) is 16.7 Å². The van der Waals surface area contributed by atoms with E-state index in [1.54, 1.807) is 5.01 Å². The maximum atomic E-state index is 10.3. The molecule has 3 saturated heterocycles. The first-order chi connectivity index (χ1) is 22.1. The molecule has 13 heteroatoms. The van der Waals surface area contributed by atoms with E-state index >= 15 is 0 Å². The minimum Gasteiger partial charge on any atom is -0.444 e. The predicted molar refractivity (Wildman–Crippen MR) is 180 cm³/mol. The molecule has 0 aliphatic carbocycles. The topological polar surface area (TPSA) is 136 Å². The zero-order valence-corrected chi connectivity index (χ0v) is 29.2. The summed E-state index contributed by atoms with van der Waals surface area (Å²) >= 11 is 0. The van der Waals surface area contributed by atoms with Crippen molar-refractivity contribution >= 4 is 0 Å². The van der Waals surface area contributed by atoms with Gasteiger partial charge in [0.15, 0.2) is 0 Å². The fourth-order valence-corrected chi connectivity index (χ4v) is 5.29. The Balaban J connectivity index is 0.000000228. The summed E-state index contributed by atoms with van der Waals surface area (Å²) in [5.41, 5.74) is 4.13. The Morgan fingerprint density at radius 2 is 0.891 bits per heavy atom.